The third kappa shape index (κ3) is 5.54. The van der Waals surface area contributed by atoms with E-state index >= 15 is 0 Å². The third-order valence-electron chi connectivity index (χ3n) is 2.60. The van der Waals surface area contributed by atoms with Gasteiger partial charge >= 0.3 is 0 Å². The van der Waals surface area contributed by atoms with Crippen molar-refractivity contribution in [3.05, 3.63) is 0 Å². The van der Waals surface area contributed by atoms with Crippen molar-refractivity contribution in [2.75, 3.05) is 19.7 Å². The highest BCUT2D eigenvalue weighted by atomic mass is 16.3. The highest BCUT2D eigenvalue weighted by molar-refractivity contribution is 4.70. The highest BCUT2D eigenvalue weighted by Crippen LogP contribution is 2.13. The monoisotopic (exact) mass is 205 g/mol. The standard InChI is InChI=1S/C10H23NO3/c1-7(2)8(3)10(14)5-11-4-9(13)6-12/h7-14H,4-6H2,1-3H3/t8-,9-,10?/m0/s1. The first kappa shape index (κ1) is 13.8. The van der Waals surface area contributed by atoms with Gasteiger partial charge in [-0.15, -0.1) is 0 Å². The normalized spacial score (nSPS) is 18.2. The molecular formula is C10H23NO3. The van der Waals surface area contributed by atoms with Crippen LogP contribution < -0.4 is 5.32 Å². The molecule has 0 bridgehead atoms. The second-order valence-corrected chi connectivity index (χ2v) is 4.17. The molecule has 14 heavy (non-hydrogen) atoms. The van der Waals surface area contributed by atoms with E-state index in [1.165, 1.54) is 0 Å². The molecule has 3 atom stereocenters. The summed E-state index contributed by atoms with van der Waals surface area (Å²) in [6.07, 6.45) is -1.14. The van der Waals surface area contributed by atoms with Crippen LogP contribution in [0.3, 0.4) is 0 Å². The summed E-state index contributed by atoms with van der Waals surface area (Å²) in [7, 11) is 0. The minimum atomic E-state index is -0.739. The molecule has 4 heteroatoms. The number of aliphatic hydroxyl groups excluding tert-OH is 3. The average Bonchev–Trinajstić information content (AvgIpc) is 2.15. The van der Waals surface area contributed by atoms with Gasteiger partial charge in [0.1, 0.15) is 0 Å². The summed E-state index contributed by atoms with van der Waals surface area (Å²) in [5.74, 6) is 0.670. The molecule has 0 aliphatic rings. The van der Waals surface area contributed by atoms with Gasteiger partial charge in [0.25, 0.3) is 0 Å². The molecule has 4 N–H and O–H groups in total. The summed E-state index contributed by atoms with van der Waals surface area (Å²) in [5.41, 5.74) is 0. The summed E-state index contributed by atoms with van der Waals surface area (Å²) in [6, 6.07) is 0. The van der Waals surface area contributed by atoms with Crippen LogP contribution >= 0.6 is 0 Å². The van der Waals surface area contributed by atoms with Gasteiger partial charge in [0.15, 0.2) is 0 Å². The summed E-state index contributed by atoms with van der Waals surface area (Å²) in [6.45, 7) is 6.66. The molecule has 0 aliphatic carbocycles. The van der Waals surface area contributed by atoms with Crippen LogP contribution in [-0.2, 0) is 0 Å². The SMILES string of the molecule is CC(C)[C@H](C)C(O)CNC[C@H](O)CO. The quantitative estimate of drug-likeness (QED) is 0.455. The van der Waals surface area contributed by atoms with Crippen LogP contribution in [0.4, 0.5) is 0 Å². The second-order valence-electron chi connectivity index (χ2n) is 4.17. The Labute approximate surface area is 86.0 Å². The van der Waals surface area contributed by atoms with Gasteiger partial charge < -0.3 is 20.6 Å². The van der Waals surface area contributed by atoms with Gasteiger partial charge in [0.05, 0.1) is 18.8 Å². The zero-order chi connectivity index (χ0) is 11.1. The van der Waals surface area contributed by atoms with Crippen LogP contribution in [0.5, 0.6) is 0 Å². The molecule has 0 spiro atoms. The zero-order valence-electron chi connectivity index (χ0n) is 9.27. The summed E-state index contributed by atoms with van der Waals surface area (Å²) >= 11 is 0. The lowest BCUT2D eigenvalue weighted by molar-refractivity contribution is 0.0717. The fourth-order valence-electron chi connectivity index (χ4n) is 1.09. The molecule has 0 aromatic rings. The molecule has 0 aromatic carbocycles. The number of hydrogen-bond acceptors (Lipinski definition) is 4. The van der Waals surface area contributed by atoms with E-state index in [1.807, 2.05) is 6.92 Å². The van der Waals surface area contributed by atoms with Crippen molar-refractivity contribution in [2.24, 2.45) is 11.8 Å². The Morgan fingerprint density at radius 3 is 2.07 bits per heavy atom. The van der Waals surface area contributed by atoms with Crippen molar-refractivity contribution in [2.45, 2.75) is 33.0 Å². The van der Waals surface area contributed by atoms with Gasteiger partial charge in [-0.3, -0.25) is 0 Å². The summed E-state index contributed by atoms with van der Waals surface area (Å²) in [4.78, 5) is 0. The minimum absolute atomic E-state index is 0.230. The first-order valence-electron chi connectivity index (χ1n) is 5.16. The second kappa shape index (κ2) is 7.17. The number of aliphatic hydroxyl groups is 3. The van der Waals surface area contributed by atoms with Gasteiger partial charge in [-0.05, 0) is 11.8 Å². The Bertz CT molecular complexity index is 141. The van der Waals surface area contributed by atoms with E-state index in [-0.39, 0.29) is 12.5 Å². The smallest absolute Gasteiger partial charge is 0.0894 e. The molecule has 0 amide bonds. The van der Waals surface area contributed by atoms with E-state index < -0.39 is 12.2 Å². The van der Waals surface area contributed by atoms with E-state index in [0.29, 0.717) is 19.0 Å². The lowest BCUT2D eigenvalue weighted by atomic mass is 9.92. The predicted molar refractivity (Wildman–Crippen MR) is 56.0 cm³/mol. The van der Waals surface area contributed by atoms with E-state index in [9.17, 15) is 5.11 Å². The molecule has 0 saturated heterocycles. The molecule has 0 aromatic heterocycles. The highest BCUT2D eigenvalue weighted by Gasteiger charge is 2.17. The lowest BCUT2D eigenvalue weighted by Gasteiger charge is -2.22. The molecule has 0 rings (SSSR count). The first-order valence-corrected chi connectivity index (χ1v) is 5.16. The molecule has 0 radical (unpaired) electrons. The average molecular weight is 205 g/mol. The van der Waals surface area contributed by atoms with Crippen LogP contribution in [0.1, 0.15) is 20.8 Å². The molecule has 0 saturated carbocycles. The topological polar surface area (TPSA) is 72.7 Å². The molecule has 0 aliphatic heterocycles. The molecule has 4 nitrogen and oxygen atoms in total. The Hall–Kier alpha value is -0.160. The summed E-state index contributed by atoms with van der Waals surface area (Å²) in [5, 5.41) is 30.1. The van der Waals surface area contributed by atoms with Crippen molar-refractivity contribution < 1.29 is 15.3 Å². The maximum absolute atomic E-state index is 9.67. The summed E-state index contributed by atoms with van der Waals surface area (Å²) < 4.78 is 0. The van der Waals surface area contributed by atoms with Gasteiger partial charge in [0, 0.05) is 13.1 Å². The fraction of sp³-hybridized carbons (Fsp3) is 1.00. The first-order chi connectivity index (χ1) is 6.49. The van der Waals surface area contributed by atoms with Crippen LogP contribution in [0, 0.1) is 11.8 Å². The van der Waals surface area contributed by atoms with E-state index in [4.69, 9.17) is 10.2 Å². The molecule has 86 valence electrons. The van der Waals surface area contributed by atoms with Gasteiger partial charge in [-0.1, -0.05) is 20.8 Å². The van der Waals surface area contributed by atoms with Crippen LogP contribution in [0.2, 0.25) is 0 Å². The van der Waals surface area contributed by atoms with Crippen molar-refractivity contribution in [1.29, 1.82) is 0 Å². The minimum Gasteiger partial charge on any atom is -0.394 e. The number of nitrogens with one attached hydrogen (secondary N) is 1. The van der Waals surface area contributed by atoms with E-state index in [1.54, 1.807) is 0 Å². The molecular weight excluding hydrogens is 182 g/mol. The zero-order valence-corrected chi connectivity index (χ0v) is 9.27. The molecule has 0 heterocycles. The van der Waals surface area contributed by atoms with Crippen LogP contribution in [0.15, 0.2) is 0 Å². The Kier molecular flexibility index (Phi) is 7.09. The largest absolute Gasteiger partial charge is 0.394 e. The van der Waals surface area contributed by atoms with Gasteiger partial charge in [0.2, 0.25) is 0 Å². The Morgan fingerprint density at radius 2 is 1.64 bits per heavy atom. The maximum Gasteiger partial charge on any atom is 0.0894 e. The Morgan fingerprint density at radius 1 is 1.07 bits per heavy atom. The number of rotatable bonds is 7. The van der Waals surface area contributed by atoms with E-state index in [2.05, 4.69) is 19.2 Å². The maximum atomic E-state index is 9.67. The van der Waals surface area contributed by atoms with Crippen LogP contribution in [0.25, 0.3) is 0 Å². The van der Waals surface area contributed by atoms with Crippen molar-refractivity contribution in [3.8, 4) is 0 Å². The van der Waals surface area contributed by atoms with Crippen molar-refractivity contribution in [3.63, 3.8) is 0 Å². The predicted octanol–water partition coefficient (Wildman–Crippen LogP) is -0.418. The fourth-order valence-corrected chi connectivity index (χ4v) is 1.09. The lowest BCUT2D eigenvalue weighted by Crippen LogP contribution is -2.38. The third-order valence-corrected chi connectivity index (χ3v) is 2.60. The Balaban J connectivity index is 3.58. The molecule has 0 fully saturated rings. The van der Waals surface area contributed by atoms with Gasteiger partial charge in [-0.2, -0.15) is 0 Å². The van der Waals surface area contributed by atoms with Crippen molar-refractivity contribution >= 4 is 0 Å². The molecule has 1 unspecified atom stereocenters. The van der Waals surface area contributed by atoms with E-state index in [0.717, 1.165) is 0 Å². The van der Waals surface area contributed by atoms with Crippen LogP contribution in [-0.4, -0.2) is 47.2 Å². The van der Waals surface area contributed by atoms with Crippen molar-refractivity contribution in [1.82, 2.24) is 5.32 Å². The number of hydrogen-bond donors (Lipinski definition) is 4. The van der Waals surface area contributed by atoms with Gasteiger partial charge in [-0.25, -0.2) is 0 Å².